The molecule has 0 radical (unpaired) electrons. The van der Waals surface area contributed by atoms with Crippen LogP contribution < -0.4 is 14.8 Å². The second kappa shape index (κ2) is 5.94. The second-order valence-corrected chi connectivity index (χ2v) is 6.75. The van der Waals surface area contributed by atoms with E-state index in [2.05, 4.69) is 45.5 Å². The maximum atomic E-state index is 6.29. The van der Waals surface area contributed by atoms with Gasteiger partial charge in [-0.2, -0.15) is 0 Å². The Balaban J connectivity index is 1.57. The molecule has 4 rings (SSSR count). The summed E-state index contributed by atoms with van der Waals surface area (Å²) in [6.45, 7) is 1.80. The van der Waals surface area contributed by atoms with Gasteiger partial charge in [0.05, 0.1) is 0 Å². The van der Waals surface area contributed by atoms with Gasteiger partial charge in [0.2, 0.25) is 0 Å². The fourth-order valence-electron chi connectivity index (χ4n) is 2.99. The molecule has 0 bridgehead atoms. The first-order valence-electron chi connectivity index (χ1n) is 7.71. The third kappa shape index (κ3) is 2.73. The van der Waals surface area contributed by atoms with E-state index in [0.717, 1.165) is 41.9 Å². The third-order valence-electron chi connectivity index (χ3n) is 4.29. The second-order valence-electron chi connectivity index (χ2n) is 5.83. The van der Waals surface area contributed by atoms with Gasteiger partial charge in [0.1, 0.15) is 12.2 Å². The maximum absolute atomic E-state index is 6.29. The molecule has 2 aromatic carbocycles. The summed E-state index contributed by atoms with van der Waals surface area (Å²) in [6, 6.07) is 14.5. The Hall–Kier alpha value is -1.52. The van der Waals surface area contributed by atoms with Crippen molar-refractivity contribution < 1.29 is 9.47 Å². The van der Waals surface area contributed by atoms with E-state index in [-0.39, 0.29) is 12.2 Å². The number of halogens is 1. The Bertz CT molecular complexity index is 685. The molecule has 1 aliphatic carbocycles. The Kier molecular flexibility index (Phi) is 3.80. The maximum Gasteiger partial charge on any atom is 0.162 e. The first kappa shape index (κ1) is 14.1. The zero-order valence-electron chi connectivity index (χ0n) is 12.2. The van der Waals surface area contributed by atoms with Crippen molar-refractivity contribution in [3.63, 3.8) is 0 Å². The molecule has 2 aliphatic rings. The van der Waals surface area contributed by atoms with Gasteiger partial charge in [-0.05, 0) is 42.2 Å². The molecule has 1 saturated heterocycles. The fraction of sp³-hybridized carbons (Fsp3) is 0.333. The van der Waals surface area contributed by atoms with E-state index in [1.165, 1.54) is 11.1 Å². The summed E-state index contributed by atoms with van der Waals surface area (Å²) in [5.41, 5.74) is 2.71. The fourth-order valence-corrected chi connectivity index (χ4v) is 3.33. The van der Waals surface area contributed by atoms with Crippen LogP contribution in [0.5, 0.6) is 11.5 Å². The van der Waals surface area contributed by atoms with Crippen molar-refractivity contribution in [2.24, 2.45) is 0 Å². The molecule has 0 saturated carbocycles. The SMILES string of the molecule is Brc1ccc(OC2CCc3ccccc32)c(OC2CNC2)c1. The molecule has 1 unspecified atom stereocenters. The van der Waals surface area contributed by atoms with Crippen LogP contribution in [0.15, 0.2) is 46.9 Å². The van der Waals surface area contributed by atoms with Crippen LogP contribution >= 0.6 is 15.9 Å². The zero-order chi connectivity index (χ0) is 14.9. The average Bonchev–Trinajstić information content (AvgIpc) is 2.89. The van der Waals surface area contributed by atoms with Gasteiger partial charge in [0.25, 0.3) is 0 Å². The lowest BCUT2D eigenvalue weighted by molar-refractivity contribution is 0.127. The lowest BCUT2D eigenvalue weighted by Gasteiger charge is -2.29. The Morgan fingerprint density at radius 3 is 2.68 bits per heavy atom. The average molecular weight is 360 g/mol. The minimum Gasteiger partial charge on any atom is -0.484 e. The molecule has 1 N–H and O–H groups in total. The standard InChI is InChI=1S/C18H18BrNO2/c19-13-6-8-17(18(9-13)21-14-10-20-11-14)22-16-7-5-12-3-1-2-4-15(12)16/h1-4,6,8-9,14,16,20H,5,7,10-11H2. The number of rotatable bonds is 4. The van der Waals surface area contributed by atoms with Crippen molar-refractivity contribution in [1.82, 2.24) is 5.32 Å². The molecule has 3 nitrogen and oxygen atoms in total. The molecule has 0 aromatic heterocycles. The van der Waals surface area contributed by atoms with E-state index >= 15 is 0 Å². The quantitative estimate of drug-likeness (QED) is 0.898. The number of benzene rings is 2. The first-order chi connectivity index (χ1) is 10.8. The molecule has 0 amide bonds. The van der Waals surface area contributed by atoms with E-state index in [4.69, 9.17) is 9.47 Å². The van der Waals surface area contributed by atoms with Gasteiger partial charge >= 0.3 is 0 Å². The smallest absolute Gasteiger partial charge is 0.162 e. The van der Waals surface area contributed by atoms with Crippen molar-refractivity contribution >= 4 is 15.9 Å². The highest BCUT2D eigenvalue weighted by atomic mass is 79.9. The Morgan fingerprint density at radius 2 is 1.86 bits per heavy atom. The number of aryl methyl sites for hydroxylation is 1. The highest BCUT2D eigenvalue weighted by Crippen LogP contribution is 2.39. The summed E-state index contributed by atoms with van der Waals surface area (Å²) < 4.78 is 13.3. The summed E-state index contributed by atoms with van der Waals surface area (Å²) in [6.07, 6.45) is 2.48. The summed E-state index contributed by atoms with van der Waals surface area (Å²) >= 11 is 3.51. The number of hydrogen-bond donors (Lipinski definition) is 1. The molecule has 1 atom stereocenters. The van der Waals surface area contributed by atoms with Crippen LogP contribution in [0.4, 0.5) is 0 Å². The van der Waals surface area contributed by atoms with Crippen LogP contribution in [-0.2, 0) is 6.42 Å². The number of nitrogens with one attached hydrogen (secondary N) is 1. The van der Waals surface area contributed by atoms with Crippen LogP contribution in [0, 0.1) is 0 Å². The minimum atomic E-state index is 0.124. The van der Waals surface area contributed by atoms with Crippen LogP contribution in [-0.4, -0.2) is 19.2 Å². The lowest BCUT2D eigenvalue weighted by Crippen LogP contribution is -2.50. The van der Waals surface area contributed by atoms with Crippen molar-refractivity contribution in [2.45, 2.75) is 25.0 Å². The van der Waals surface area contributed by atoms with Gasteiger partial charge in [-0.15, -0.1) is 0 Å². The molecular weight excluding hydrogens is 342 g/mol. The summed E-state index contributed by atoms with van der Waals surface area (Å²) in [7, 11) is 0. The van der Waals surface area contributed by atoms with Crippen molar-refractivity contribution in [3.8, 4) is 11.5 Å². The molecule has 2 aromatic rings. The summed E-state index contributed by atoms with van der Waals surface area (Å²) in [5, 5.41) is 3.22. The zero-order valence-corrected chi connectivity index (χ0v) is 13.8. The molecule has 0 spiro atoms. The largest absolute Gasteiger partial charge is 0.484 e. The van der Waals surface area contributed by atoms with Gasteiger partial charge in [0.15, 0.2) is 11.5 Å². The van der Waals surface area contributed by atoms with Crippen molar-refractivity contribution in [2.75, 3.05) is 13.1 Å². The predicted molar refractivity (Wildman–Crippen MR) is 89.6 cm³/mol. The monoisotopic (exact) mass is 359 g/mol. The number of hydrogen-bond acceptors (Lipinski definition) is 3. The first-order valence-corrected chi connectivity index (χ1v) is 8.50. The predicted octanol–water partition coefficient (Wildman–Crippen LogP) is 3.87. The molecule has 4 heteroatoms. The van der Waals surface area contributed by atoms with E-state index in [1.807, 2.05) is 18.2 Å². The van der Waals surface area contributed by atoms with Crippen molar-refractivity contribution in [3.05, 3.63) is 58.1 Å². The minimum absolute atomic E-state index is 0.124. The van der Waals surface area contributed by atoms with Gasteiger partial charge in [-0.25, -0.2) is 0 Å². The summed E-state index contributed by atoms with van der Waals surface area (Å²) in [5.74, 6) is 1.65. The molecule has 114 valence electrons. The van der Waals surface area contributed by atoms with Crippen LogP contribution in [0.1, 0.15) is 23.7 Å². The third-order valence-corrected chi connectivity index (χ3v) is 4.78. The molecule has 1 fully saturated rings. The van der Waals surface area contributed by atoms with E-state index in [9.17, 15) is 0 Å². The number of fused-ring (bicyclic) bond motifs is 1. The van der Waals surface area contributed by atoms with Gasteiger partial charge in [-0.1, -0.05) is 40.2 Å². The van der Waals surface area contributed by atoms with Crippen LogP contribution in [0.3, 0.4) is 0 Å². The lowest BCUT2D eigenvalue weighted by atomic mass is 10.1. The van der Waals surface area contributed by atoms with Gasteiger partial charge < -0.3 is 14.8 Å². The van der Waals surface area contributed by atoms with E-state index in [0.29, 0.717) is 0 Å². The van der Waals surface area contributed by atoms with E-state index in [1.54, 1.807) is 0 Å². The molecular formula is C18H18BrNO2. The van der Waals surface area contributed by atoms with Crippen molar-refractivity contribution in [1.29, 1.82) is 0 Å². The summed E-state index contributed by atoms with van der Waals surface area (Å²) in [4.78, 5) is 0. The van der Waals surface area contributed by atoms with Crippen LogP contribution in [0.2, 0.25) is 0 Å². The van der Waals surface area contributed by atoms with Gasteiger partial charge in [0, 0.05) is 17.6 Å². The molecule has 1 aliphatic heterocycles. The Morgan fingerprint density at radius 1 is 1.00 bits per heavy atom. The Labute approximate surface area is 138 Å². The van der Waals surface area contributed by atoms with Gasteiger partial charge in [-0.3, -0.25) is 0 Å². The number of ether oxygens (including phenoxy) is 2. The molecule has 22 heavy (non-hydrogen) atoms. The topological polar surface area (TPSA) is 30.5 Å². The normalized spacial score (nSPS) is 20.3. The highest BCUT2D eigenvalue weighted by Gasteiger charge is 2.26. The molecule has 1 heterocycles. The van der Waals surface area contributed by atoms with E-state index < -0.39 is 0 Å². The highest BCUT2D eigenvalue weighted by molar-refractivity contribution is 9.10. The van der Waals surface area contributed by atoms with Crippen LogP contribution in [0.25, 0.3) is 0 Å².